The Labute approximate surface area is 143 Å². The third-order valence-electron chi connectivity index (χ3n) is 4.06. The second-order valence-electron chi connectivity index (χ2n) is 5.97. The van der Waals surface area contributed by atoms with Crippen molar-refractivity contribution >= 4 is 21.5 Å². The molecule has 1 aliphatic rings. The summed E-state index contributed by atoms with van der Waals surface area (Å²) in [7, 11) is 0. The summed E-state index contributed by atoms with van der Waals surface area (Å²) in [4.78, 5) is 0. The van der Waals surface area contributed by atoms with Crippen LogP contribution in [0.4, 0.5) is 0 Å². The van der Waals surface area contributed by atoms with Gasteiger partial charge in [0.2, 0.25) is 0 Å². The van der Waals surface area contributed by atoms with Crippen molar-refractivity contribution in [3.63, 3.8) is 0 Å². The van der Waals surface area contributed by atoms with Crippen molar-refractivity contribution in [2.45, 2.75) is 56.4 Å². The number of halogens is 1. The van der Waals surface area contributed by atoms with Gasteiger partial charge >= 0.3 is 0 Å². The molecule has 0 saturated carbocycles. The third kappa shape index (κ3) is 5.73. The Morgan fingerprint density at radius 1 is 1.05 bits per heavy atom. The first kappa shape index (κ1) is 17.5. The minimum atomic E-state index is -0.311. The monoisotopic (exact) mass is 362 g/mol. The topological polar surface area (TPSA) is 9.23 Å². The zero-order valence-corrected chi connectivity index (χ0v) is 15.1. The van der Waals surface area contributed by atoms with Gasteiger partial charge < -0.3 is 4.74 Å². The molecule has 2 rings (SSSR count). The predicted molar refractivity (Wildman–Crippen MR) is 99.2 cm³/mol. The average molecular weight is 363 g/mol. The van der Waals surface area contributed by atoms with Gasteiger partial charge in [0.1, 0.15) is 4.51 Å². The summed E-state index contributed by atoms with van der Waals surface area (Å²) in [6.45, 7) is 3.08. The van der Waals surface area contributed by atoms with E-state index in [1.807, 2.05) is 0 Å². The van der Waals surface area contributed by atoms with E-state index in [0.29, 0.717) is 0 Å². The second kappa shape index (κ2) is 9.32. The van der Waals surface area contributed by atoms with Crippen LogP contribution in [0.2, 0.25) is 0 Å². The molecule has 0 spiro atoms. The number of hydrogen-bond donors (Lipinski definition) is 0. The number of allylic oxidation sites excluding steroid dienone is 2. The van der Waals surface area contributed by atoms with Crippen molar-refractivity contribution in [2.24, 2.45) is 0 Å². The Bertz CT molecular complexity index is 492. The zero-order chi connectivity index (χ0) is 15.7. The molecule has 0 radical (unpaired) electrons. The summed E-state index contributed by atoms with van der Waals surface area (Å²) < 4.78 is 5.74. The number of benzene rings is 1. The fourth-order valence-electron chi connectivity index (χ4n) is 2.68. The number of unbranched alkanes of at least 4 members (excludes halogenated alkanes) is 5. The highest BCUT2D eigenvalue weighted by atomic mass is 79.9. The predicted octanol–water partition coefficient (Wildman–Crippen LogP) is 6.50. The molecule has 1 nitrogen and oxygen atoms in total. The fraction of sp³-hybridized carbons (Fsp3) is 0.500. The van der Waals surface area contributed by atoms with Gasteiger partial charge in [-0.25, -0.2) is 0 Å². The molecule has 0 saturated heterocycles. The molecule has 22 heavy (non-hydrogen) atoms. The molecule has 0 fully saturated rings. The van der Waals surface area contributed by atoms with Gasteiger partial charge in [-0.2, -0.15) is 0 Å². The van der Waals surface area contributed by atoms with Gasteiger partial charge in [-0.3, -0.25) is 0 Å². The van der Waals surface area contributed by atoms with Gasteiger partial charge in [-0.05, 0) is 39.6 Å². The molecular weight excluding hydrogens is 336 g/mol. The minimum absolute atomic E-state index is 0.311. The van der Waals surface area contributed by atoms with E-state index in [1.165, 1.54) is 43.2 Å². The van der Waals surface area contributed by atoms with E-state index < -0.39 is 0 Å². The molecule has 1 aromatic carbocycles. The first-order valence-electron chi connectivity index (χ1n) is 8.51. The van der Waals surface area contributed by atoms with Crippen molar-refractivity contribution in [1.29, 1.82) is 0 Å². The molecule has 1 atom stereocenters. The lowest BCUT2D eigenvalue weighted by Crippen LogP contribution is -2.23. The van der Waals surface area contributed by atoms with E-state index in [4.69, 9.17) is 4.74 Å². The van der Waals surface area contributed by atoms with E-state index in [1.54, 1.807) is 0 Å². The van der Waals surface area contributed by atoms with Gasteiger partial charge in [0, 0.05) is 13.0 Å². The molecule has 2 heteroatoms. The van der Waals surface area contributed by atoms with Crippen LogP contribution in [-0.4, -0.2) is 11.1 Å². The van der Waals surface area contributed by atoms with Gasteiger partial charge in [0.25, 0.3) is 0 Å². The first-order chi connectivity index (χ1) is 10.7. The van der Waals surface area contributed by atoms with Crippen LogP contribution in [0.1, 0.15) is 57.4 Å². The highest BCUT2D eigenvalue weighted by Gasteiger charge is 2.25. The van der Waals surface area contributed by atoms with Crippen LogP contribution in [0, 0.1) is 0 Å². The lowest BCUT2D eigenvalue weighted by molar-refractivity contribution is 0.0635. The summed E-state index contributed by atoms with van der Waals surface area (Å²) in [5, 5.41) is 0. The average Bonchev–Trinajstić information content (AvgIpc) is 2.55. The fourth-order valence-corrected chi connectivity index (χ4v) is 3.13. The lowest BCUT2D eigenvalue weighted by atomic mass is 9.98. The summed E-state index contributed by atoms with van der Waals surface area (Å²) in [5.41, 5.74) is 2.54. The van der Waals surface area contributed by atoms with Crippen molar-refractivity contribution in [2.75, 3.05) is 6.61 Å². The maximum atomic E-state index is 6.05. The van der Waals surface area contributed by atoms with Gasteiger partial charge in [0.15, 0.2) is 0 Å². The van der Waals surface area contributed by atoms with Gasteiger partial charge in [-0.15, -0.1) is 0 Å². The minimum Gasteiger partial charge on any atom is -0.360 e. The van der Waals surface area contributed by atoms with Gasteiger partial charge in [-0.1, -0.05) is 81.5 Å². The number of ether oxygens (including phenoxy) is 1. The Kier molecular flexibility index (Phi) is 7.41. The Morgan fingerprint density at radius 2 is 1.77 bits per heavy atom. The van der Waals surface area contributed by atoms with Crippen LogP contribution in [0.5, 0.6) is 0 Å². The highest BCUT2D eigenvalue weighted by Crippen LogP contribution is 2.34. The molecule has 0 aliphatic heterocycles. The van der Waals surface area contributed by atoms with Crippen molar-refractivity contribution in [3.05, 3.63) is 54.1 Å². The molecule has 120 valence electrons. The van der Waals surface area contributed by atoms with Gasteiger partial charge in [0.05, 0.1) is 0 Å². The molecule has 0 N–H and O–H groups in total. The van der Waals surface area contributed by atoms with Crippen LogP contribution < -0.4 is 0 Å². The third-order valence-corrected chi connectivity index (χ3v) is 4.88. The highest BCUT2D eigenvalue weighted by molar-refractivity contribution is 9.10. The molecular formula is C20H27BrO. The molecule has 1 aliphatic carbocycles. The quantitative estimate of drug-likeness (QED) is 0.359. The molecule has 0 amide bonds. The Morgan fingerprint density at radius 3 is 2.45 bits per heavy atom. The Balaban J connectivity index is 1.71. The number of rotatable bonds is 9. The molecule has 0 aromatic heterocycles. The zero-order valence-electron chi connectivity index (χ0n) is 13.6. The van der Waals surface area contributed by atoms with Crippen LogP contribution in [-0.2, 0) is 4.74 Å². The van der Waals surface area contributed by atoms with Crippen LogP contribution in [0.3, 0.4) is 0 Å². The van der Waals surface area contributed by atoms with Crippen LogP contribution >= 0.6 is 15.9 Å². The standard InChI is InChI=1S/C20H27BrO/c1-2-3-4-5-6-10-17-22-20(21)15-13-19(14-16-20)18-11-8-7-9-12-18/h7-9,11-15H,2-6,10,16-17H2,1H3. The lowest BCUT2D eigenvalue weighted by Gasteiger charge is -2.26. The van der Waals surface area contributed by atoms with Crippen molar-refractivity contribution < 1.29 is 4.74 Å². The largest absolute Gasteiger partial charge is 0.360 e. The summed E-state index contributed by atoms with van der Waals surface area (Å²) in [6.07, 6.45) is 15.2. The first-order valence-corrected chi connectivity index (χ1v) is 9.30. The summed E-state index contributed by atoms with van der Waals surface area (Å²) in [5.74, 6) is 0. The molecule has 0 heterocycles. The summed E-state index contributed by atoms with van der Waals surface area (Å²) >= 11 is 3.74. The second-order valence-corrected chi connectivity index (χ2v) is 7.31. The molecule has 0 bridgehead atoms. The normalized spacial score (nSPS) is 20.9. The maximum absolute atomic E-state index is 6.05. The van der Waals surface area contributed by atoms with E-state index in [0.717, 1.165) is 19.4 Å². The van der Waals surface area contributed by atoms with E-state index in [-0.39, 0.29) is 4.51 Å². The number of alkyl halides is 1. The number of hydrogen-bond acceptors (Lipinski definition) is 1. The van der Waals surface area contributed by atoms with E-state index >= 15 is 0 Å². The Hall–Kier alpha value is -0.860. The van der Waals surface area contributed by atoms with E-state index in [2.05, 4.69) is 71.4 Å². The van der Waals surface area contributed by atoms with Crippen LogP contribution in [0.15, 0.2) is 48.6 Å². The van der Waals surface area contributed by atoms with E-state index in [9.17, 15) is 0 Å². The summed E-state index contributed by atoms with van der Waals surface area (Å²) in [6, 6.07) is 10.5. The molecule has 1 unspecified atom stereocenters. The van der Waals surface area contributed by atoms with Crippen molar-refractivity contribution in [1.82, 2.24) is 0 Å². The SMILES string of the molecule is CCCCCCCCOC1(Br)C=CC(c2ccccc2)=CC1. The van der Waals surface area contributed by atoms with Crippen LogP contribution in [0.25, 0.3) is 5.57 Å². The smallest absolute Gasteiger partial charge is 0.145 e. The molecule has 1 aromatic rings. The maximum Gasteiger partial charge on any atom is 0.145 e. The van der Waals surface area contributed by atoms with Crippen molar-refractivity contribution in [3.8, 4) is 0 Å².